The van der Waals surface area contributed by atoms with Crippen LogP contribution in [-0.2, 0) is 13.1 Å². The zero-order chi connectivity index (χ0) is 18.3. The summed E-state index contributed by atoms with van der Waals surface area (Å²) in [6.07, 6.45) is 5.43. The lowest BCUT2D eigenvalue weighted by Gasteiger charge is -2.34. The van der Waals surface area contributed by atoms with Crippen LogP contribution in [-0.4, -0.2) is 46.0 Å². The second kappa shape index (κ2) is 8.60. The summed E-state index contributed by atoms with van der Waals surface area (Å²) in [6, 6.07) is 16.6. The molecule has 1 aliphatic heterocycles. The van der Waals surface area contributed by atoms with Gasteiger partial charge in [0.2, 0.25) is 5.95 Å². The summed E-state index contributed by atoms with van der Waals surface area (Å²) in [6.45, 7) is 5.66. The van der Waals surface area contributed by atoms with E-state index in [0.717, 1.165) is 51.0 Å². The average Bonchev–Trinajstić information content (AvgIpc) is 2.75. The number of pyridine rings is 1. The fourth-order valence-corrected chi connectivity index (χ4v) is 3.24. The van der Waals surface area contributed by atoms with Gasteiger partial charge in [0.25, 0.3) is 0 Å². The molecule has 1 saturated heterocycles. The van der Waals surface area contributed by atoms with Gasteiger partial charge in [0.1, 0.15) is 5.82 Å². The Morgan fingerprint density at radius 2 is 1.59 bits per heavy atom. The highest BCUT2D eigenvalue weighted by Gasteiger charge is 2.19. The molecule has 4 rings (SSSR count). The maximum absolute atomic E-state index is 4.69. The fourth-order valence-electron chi connectivity index (χ4n) is 3.24. The number of hydrogen-bond acceptors (Lipinski definition) is 6. The molecule has 6 heteroatoms. The summed E-state index contributed by atoms with van der Waals surface area (Å²) in [7, 11) is 0. The zero-order valence-electron chi connectivity index (χ0n) is 15.3. The van der Waals surface area contributed by atoms with Gasteiger partial charge in [-0.25, -0.2) is 4.98 Å². The lowest BCUT2D eigenvalue weighted by atomic mass is 10.2. The van der Waals surface area contributed by atoms with Crippen molar-refractivity contribution in [2.45, 2.75) is 13.1 Å². The van der Waals surface area contributed by atoms with Crippen molar-refractivity contribution in [1.82, 2.24) is 19.9 Å². The van der Waals surface area contributed by atoms with E-state index in [0.29, 0.717) is 0 Å². The quantitative estimate of drug-likeness (QED) is 0.729. The zero-order valence-corrected chi connectivity index (χ0v) is 15.3. The van der Waals surface area contributed by atoms with Crippen LogP contribution in [0.1, 0.15) is 11.1 Å². The predicted octanol–water partition coefficient (Wildman–Crippen LogP) is 2.81. The van der Waals surface area contributed by atoms with Crippen LogP contribution in [0.25, 0.3) is 0 Å². The predicted molar refractivity (Wildman–Crippen MR) is 108 cm³/mol. The molecule has 0 bridgehead atoms. The van der Waals surface area contributed by atoms with Crippen LogP contribution < -0.4 is 10.2 Å². The van der Waals surface area contributed by atoms with Gasteiger partial charge in [-0.1, -0.05) is 30.3 Å². The molecule has 1 aliphatic rings. The van der Waals surface area contributed by atoms with E-state index in [4.69, 9.17) is 4.98 Å². The third-order valence-corrected chi connectivity index (χ3v) is 4.77. The van der Waals surface area contributed by atoms with Crippen molar-refractivity contribution in [3.63, 3.8) is 0 Å². The maximum Gasteiger partial charge on any atom is 0.227 e. The Morgan fingerprint density at radius 3 is 2.37 bits per heavy atom. The van der Waals surface area contributed by atoms with Gasteiger partial charge in [0, 0.05) is 57.9 Å². The summed E-state index contributed by atoms with van der Waals surface area (Å²) in [5, 5.41) is 3.37. The van der Waals surface area contributed by atoms with E-state index in [1.807, 2.05) is 24.4 Å². The minimum Gasteiger partial charge on any atom is -0.366 e. The van der Waals surface area contributed by atoms with Gasteiger partial charge in [-0.05, 0) is 29.3 Å². The number of aromatic nitrogens is 3. The first-order valence-corrected chi connectivity index (χ1v) is 9.34. The van der Waals surface area contributed by atoms with Crippen molar-refractivity contribution in [3.8, 4) is 0 Å². The van der Waals surface area contributed by atoms with Gasteiger partial charge in [0.15, 0.2) is 0 Å². The van der Waals surface area contributed by atoms with Gasteiger partial charge in [0.05, 0.1) is 0 Å². The van der Waals surface area contributed by atoms with Crippen molar-refractivity contribution >= 4 is 11.8 Å². The van der Waals surface area contributed by atoms with Crippen molar-refractivity contribution in [1.29, 1.82) is 0 Å². The molecule has 1 aromatic carbocycles. The number of rotatable bonds is 6. The molecule has 0 radical (unpaired) electrons. The van der Waals surface area contributed by atoms with E-state index >= 15 is 0 Å². The highest BCUT2D eigenvalue weighted by atomic mass is 15.3. The van der Waals surface area contributed by atoms with Crippen LogP contribution in [0.15, 0.2) is 67.1 Å². The SMILES string of the molecule is c1ccc(CN2CCN(c3nccc(NCc4ccncc4)n3)CC2)cc1. The molecule has 3 heterocycles. The van der Waals surface area contributed by atoms with E-state index in [-0.39, 0.29) is 0 Å². The minimum absolute atomic E-state index is 0.726. The molecule has 0 amide bonds. The van der Waals surface area contributed by atoms with Crippen LogP contribution in [0.3, 0.4) is 0 Å². The van der Waals surface area contributed by atoms with E-state index < -0.39 is 0 Å². The standard InChI is InChI=1S/C21H24N6/c1-2-4-19(5-3-1)17-26-12-14-27(15-13-26)21-23-11-8-20(25-21)24-16-18-6-9-22-10-7-18/h1-11H,12-17H2,(H,23,24,25). The molecule has 0 aliphatic carbocycles. The van der Waals surface area contributed by atoms with Gasteiger partial charge >= 0.3 is 0 Å². The second-order valence-electron chi connectivity index (χ2n) is 6.70. The summed E-state index contributed by atoms with van der Waals surface area (Å²) in [4.78, 5) is 18.0. The Bertz CT molecular complexity index is 832. The number of anilines is 2. The molecule has 1 N–H and O–H groups in total. The van der Waals surface area contributed by atoms with E-state index in [2.05, 4.69) is 55.4 Å². The highest BCUT2D eigenvalue weighted by Crippen LogP contribution is 2.15. The first-order chi connectivity index (χ1) is 13.4. The molecular weight excluding hydrogens is 336 g/mol. The molecule has 0 saturated carbocycles. The molecule has 0 spiro atoms. The molecular formula is C21H24N6. The molecule has 3 aromatic rings. The first-order valence-electron chi connectivity index (χ1n) is 9.34. The van der Waals surface area contributed by atoms with Gasteiger partial charge in [-0.3, -0.25) is 9.88 Å². The Labute approximate surface area is 159 Å². The number of piperazine rings is 1. The highest BCUT2D eigenvalue weighted by molar-refractivity contribution is 5.42. The third-order valence-electron chi connectivity index (χ3n) is 4.77. The van der Waals surface area contributed by atoms with Crippen molar-refractivity contribution in [2.75, 3.05) is 36.4 Å². The van der Waals surface area contributed by atoms with Crippen LogP contribution >= 0.6 is 0 Å². The van der Waals surface area contributed by atoms with Crippen molar-refractivity contribution < 1.29 is 0 Å². The van der Waals surface area contributed by atoms with Crippen LogP contribution in [0.5, 0.6) is 0 Å². The van der Waals surface area contributed by atoms with E-state index in [1.54, 1.807) is 12.4 Å². The Hall–Kier alpha value is -2.99. The monoisotopic (exact) mass is 360 g/mol. The Kier molecular flexibility index (Phi) is 5.55. The fraction of sp³-hybridized carbons (Fsp3) is 0.286. The molecule has 1 fully saturated rings. The molecule has 138 valence electrons. The molecule has 0 atom stereocenters. The lowest BCUT2D eigenvalue weighted by Crippen LogP contribution is -2.46. The molecule has 2 aromatic heterocycles. The number of benzene rings is 1. The second-order valence-corrected chi connectivity index (χ2v) is 6.70. The summed E-state index contributed by atoms with van der Waals surface area (Å²) >= 11 is 0. The number of hydrogen-bond donors (Lipinski definition) is 1. The molecule has 6 nitrogen and oxygen atoms in total. The smallest absolute Gasteiger partial charge is 0.227 e. The summed E-state index contributed by atoms with van der Waals surface area (Å²) in [5.74, 6) is 1.65. The largest absolute Gasteiger partial charge is 0.366 e. The normalized spacial score (nSPS) is 14.9. The number of nitrogens with zero attached hydrogens (tertiary/aromatic N) is 5. The topological polar surface area (TPSA) is 57.2 Å². The van der Waals surface area contributed by atoms with Gasteiger partial charge in [-0.2, -0.15) is 4.98 Å². The average molecular weight is 360 g/mol. The summed E-state index contributed by atoms with van der Waals surface area (Å²) < 4.78 is 0. The van der Waals surface area contributed by atoms with Crippen LogP contribution in [0, 0.1) is 0 Å². The number of nitrogens with one attached hydrogen (secondary N) is 1. The van der Waals surface area contributed by atoms with Gasteiger partial charge < -0.3 is 10.2 Å². The first kappa shape index (κ1) is 17.4. The Balaban J connectivity index is 1.32. The van der Waals surface area contributed by atoms with Gasteiger partial charge in [-0.15, -0.1) is 0 Å². The maximum atomic E-state index is 4.69. The van der Waals surface area contributed by atoms with Crippen molar-refractivity contribution in [3.05, 3.63) is 78.2 Å². The van der Waals surface area contributed by atoms with E-state index in [9.17, 15) is 0 Å². The lowest BCUT2D eigenvalue weighted by molar-refractivity contribution is 0.248. The minimum atomic E-state index is 0.726. The van der Waals surface area contributed by atoms with Crippen LogP contribution in [0.2, 0.25) is 0 Å². The molecule has 27 heavy (non-hydrogen) atoms. The van der Waals surface area contributed by atoms with Crippen molar-refractivity contribution in [2.24, 2.45) is 0 Å². The molecule has 0 unspecified atom stereocenters. The third kappa shape index (κ3) is 4.80. The summed E-state index contributed by atoms with van der Waals surface area (Å²) in [5.41, 5.74) is 2.55. The van der Waals surface area contributed by atoms with Crippen LogP contribution in [0.4, 0.5) is 11.8 Å². The van der Waals surface area contributed by atoms with E-state index in [1.165, 1.54) is 11.1 Å². The Morgan fingerprint density at radius 1 is 0.815 bits per heavy atom.